The van der Waals surface area contributed by atoms with Crippen LogP contribution in [0.1, 0.15) is 65.9 Å². The molecule has 2 aromatic heterocycles. The van der Waals surface area contributed by atoms with Crippen LogP contribution in [0.2, 0.25) is 0 Å². The molecule has 1 amide bonds. The van der Waals surface area contributed by atoms with Crippen molar-refractivity contribution in [2.45, 2.75) is 74.5 Å². The summed E-state index contributed by atoms with van der Waals surface area (Å²) in [4.78, 5) is 26.5. The van der Waals surface area contributed by atoms with Crippen LogP contribution in [-0.2, 0) is 24.1 Å². The predicted molar refractivity (Wildman–Crippen MR) is 228 cm³/mol. The molecule has 4 aromatic carbocycles. The number of aromatic nitrogens is 4. The van der Waals surface area contributed by atoms with Gasteiger partial charge in [0, 0.05) is 11.6 Å². The Hall–Kier alpha value is -5.34. The van der Waals surface area contributed by atoms with Crippen LogP contribution in [0.15, 0.2) is 122 Å². The zero-order chi connectivity index (χ0) is 42.1. The Morgan fingerprint density at radius 2 is 1.52 bits per heavy atom. The molecular formula is C46H48FN6O7P. The maximum atomic E-state index is 17.6. The van der Waals surface area contributed by atoms with Crippen LogP contribution in [0.25, 0.3) is 11.2 Å². The molecule has 0 radical (unpaired) electrons. The normalized spacial score (nSPS) is 25.3. The van der Waals surface area contributed by atoms with E-state index in [9.17, 15) is 4.79 Å². The Morgan fingerprint density at radius 1 is 0.885 bits per heavy atom. The third-order valence-corrected chi connectivity index (χ3v) is 13.9. The fraction of sp³-hybridized carbons (Fsp3) is 0.348. The first-order chi connectivity index (χ1) is 29.7. The lowest BCUT2D eigenvalue weighted by Gasteiger charge is -2.37. The van der Waals surface area contributed by atoms with Gasteiger partial charge in [-0.15, -0.1) is 0 Å². The van der Waals surface area contributed by atoms with Gasteiger partial charge in [-0.05, 0) is 79.9 Å². The molecule has 1 N–H and O–H groups in total. The quantitative estimate of drug-likeness (QED) is 0.0886. The van der Waals surface area contributed by atoms with Crippen LogP contribution >= 0.6 is 8.53 Å². The molecule has 13 nitrogen and oxygen atoms in total. The summed E-state index contributed by atoms with van der Waals surface area (Å²) in [6.07, 6.45) is 1.77. The van der Waals surface area contributed by atoms with Gasteiger partial charge in [0.1, 0.15) is 35.6 Å². The predicted octanol–water partition coefficient (Wildman–Crippen LogP) is 8.62. The average molecular weight is 847 g/mol. The van der Waals surface area contributed by atoms with Gasteiger partial charge in [-0.1, -0.05) is 85.6 Å². The first kappa shape index (κ1) is 41.0. The number of imidazole rings is 1. The minimum atomic E-state index is -1.72. The molecular weight excluding hydrogens is 799 g/mol. The number of rotatable bonds is 13. The molecule has 1 unspecified atom stereocenters. The van der Waals surface area contributed by atoms with Crippen molar-refractivity contribution >= 4 is 31.4 Å². The number of anilines is 1. The number of benzene rings is 4. The SMILES string of the molecule is COc1ccc(C(OC[C@H]2O[C@@H](n3cnc4c(NC(=O)c5ccccc5)ncnc43)[C@H](F)[C@@H]2OP2O[C@@]3(C)CCCC[C@@H]3N2C)(c2ccccc2)c2ccc(OC)cc2)cc1. The Balaban J connectivity index is 1.09. The van der Waals surface area contributed by atoms with E-state index in [2.05, 4.69) is 31.9 Å². The number of halogens is 1. The number of carbonyl (C=O) groups excluding carboxylic acids is 1. The standard InChI is InChI=1S/C46H48FN6O7P/c1-45-26-12-11-17-37(45)52(2)61(60-45)59-40-36(58-44(38(40)47)53-29-50-39-41(48-28-49-42(39)53)51-43(54)30-13-7-5-8-14-30)27-57-46(31-15-9-6-10-16-31,32-18-22-34(55-3)23-19-32)33-20-24-35(56-4)25-21-33/h5-10,13-16,18-25,28-29,36-38,40,44H,11-12,17,26-27H2,1-4H3,(H,48,49,51,54)/t36-,37+,38-,40-,44-,45+,61?/m1/s1. The first-order valence-corrected chi connectivity index (χ1v) is 21.6. The first-order valence-electron chi connectivity index (χ1n) is 20.4. The van der Waals surface area contributed by atoms with E-state index in [1.807, 2.05) is 92.0 Å². The van der Waals surface area contributed by atoms with Gasteiger partial charge in [-0.3, -0.25) is 9.36 Å². The molecule has 3 fully saturated rings. The Bertz CT molecular complexity index is 2400. The highest BCUT2D eigenvalue weighted by Crippen LogP contribution is 2.61. The second kappa shape index (κ2) is 17.2. The van der Waals surface area contributed by atoms with Gasteiger partial charge in [0.25, 0.3) is 14.4 Å². The summed E-state index contributed by atoms with van der Waals surface area (Å²) in [5.41, 5.74) is 1.88. The number of likely N-dealkylation sites (N-methyl/N-ethyl adjacent to an activating group) is 1. The molecule has 15 heteroatoms. The minimum absolute atomic E-state index is 0.0951. The molecule has 4 heterocycles. The molecule has 1 aliphatic carbocycles. The van der Waals surface area contributed by atoms with Gasteiger partial charge in [-0.25, -0.2) is 24.0 Å². The van der Waals surface area contributed by atoms with Crippen molar-refractivity contribution in [1.29, 1.82) is 0 Å². The zero-order valence-corrected chi connectivity index (χ0v) is 35.3. The molecule has 1 saturated carbocycles. The lowest BCUT2D eigenvalue weighted by atomic mass is 9.80. The van der Waals surface area contributed by atoms with Gasteiger partial charge in [0.15, 0.2) is 29.4 Å². The van der Waals surface area contributed by atoms with E-state index in [0.29, 0.717) is 17.1 Å². The van der Waals surface area contributed by atoms with Crippen molar-refractivity contribution in [2.75, 3.05) is 33.2 Å². The number of ether oxygens (including phenoxy) is 4. The maximum absolute atomic E-state index is 17.6. The molecule has 316 valence electrons. The third kappa shape index (κ3) is 7.66. The van der Waals surface area contributed by atoms with E-state index >= 15 is 4.39 Å². The zero-order valence-electron chi connectivity index (χ0n) is 34.4. The number of hydrogen-bond acceptors (Lipinski definition) is 11. The van der Waals surface area contributed by atoms with Gasteiger partial charge < -0.3 is 33.3 Å². The highest BCUT2D eigenvalue weighted by atomic mass is 31.2. The largest absolute Gasteiger partial charge is 0.497 e. The fourth-order valence-corrected chi connectivity index (χ4v) is 10.8. The maximum Gasteiger partial charge on any atom is 0.259 e. The third-order valence-electron chi connectivity index (χ3n) is 12.1. The Kier molecular flexibility index (Phi) is 11.6. The van der Waals surface area contributed by atoms with E-state index in [4.69, 9.17) is 28.0 Å². The number of hydrogen-bond donors (Lipinski definition) is 1. The van der Waals surface area contributed by atoms with Crippen LogP contribution < -0.4 is 14.8 Å². The molecule has 2 saturated heterocycles. The second-order valence-electron chi connectivity index (χ2n) is 15.7. The molecule has 0 bridgehead atoms. The summed E-state index contributed by atoms with van der Waals surface area (Å²) >= 11 is 0. The van der Waals surface area contributed by atoms with Crippen LogP contribution in [0, 0.1) is 0 Å². The monoisotopic (exact) mass is 846 g/mol. The lowest BCUT2D eigenvalue weighted by Crippen LogP contribution is -2.43. The fourth-order valence-electron chi connectivity index (χ4n) is 8.89. The van der Waals surface area contributed by atoms with Crippen molar-refractivity contribution in [2.24, 2.45) is 0 Å². The van der Waals surface area contributed by atoms with E-state index in [0.717, 1.165) is 42.4 Å². The Labute approximate surface area is 355 Å². The van der Waals surface area contributed by atoms with Crippen molar-refractivity contribution in [3.8, 4) is 11.5 Å². The van der Waals surface area contributed by atoms with Crippen molar-refractivity contribution in [3.05, 3.63) is 144 Å². The van der Waals surface area contributed by atoms with Gasteiger partial charge in [0.2, 0.25) is 0 Å². The van der Waals surface area contributed by atoms with Gasteiger partial charge >= 0.3 is 0 Å². The minimum Gasteiger partial charge on any atom is -0.497 e. The highest BCUT2D eigenvalue weighted by Gasteiger charge is 2.56. The lowest BCUT2D eigenvalue weighted by molar-refractivity contribution is -0.0916. The van der Waals surface area contributed by atoms with Crippen molar-refractivity contribution in [3.63, 3.8) is 0 Å². The van der Waals surface area contributed by atoms with Crippen LogP contribution in [0.5, 0.6) is 11.5 Å². The number of amides is 1. The van der Waals surface area contributed by atoms with Crippen LogP contribution in [0.3, 0.4) is 0 Å². The average Bonchev–Trinajstić information content (AvgIpc) is 3.95. The number of nitrogens with one attached hydrogen (secondary N) is 1. The smallest absolute Gasteiger partial charge is 0.259 e. The Morgan fingerprint density at radius 3 is 2.16 bits per heavy atom. The van der Waals surface area contributed by atoms with Gasteiger partial charge in [0.05, 0.1) is 32.8 Å². The summed E-state index contributed by atoms with van der Waals surface area (Å²) in [6, 6.07) is 34.3. The number of carbonyl (C=O) groups is 1. The van der Waals surface area contributed by atoms with Crippen molar-refractivity contribution in [1.82, 2.24) is 24.2 Å². The number of fused-ring (bicyclic) bond motifs is 2. The van der Waals surface area contributed by atoms with E-state index in [-0.39, 0.29) is 35.5 Å². The molecule has 61 heavy (non-hydrogen) atoms. The molecule has 2 aliphatic heterocycles. The van der Waals surface area contributed by atoms with Crippen molar-refractivity contribution < 1.29 is 37.2 Å². The molecule has 9 rings (SSSR count). The number of methoxy groups -OCH3 is 2. The summed E-state index contributed by atoms with van der Waals surface area (Å²) < 4.78 is 59.8. The van der Waals surface area contributed by atoms with E-state index < -0.39 is 44.3 Å². The topological polar surface area (TPSA) is 131 Å². The molecule has 6 aromatic rings. The van der Waals surface area contributed by atoms with Crippen LogP contribution in [-0.4, -0.2) is 88.0 Å². The van der Waals surface area contributed by atoms with E-state index in [1.54, 1.807) is 38.5 Å². The summed E-state index contributed by atoms with van der Waals surface area (Å²) in [7, 11) is 3.58. The highest BCUT2D eigenvalue weighted by molar-refractivity contribution is 7.45. The molecule has 3 aliphatic rings. The summed E-state index contributed by atoms with van der Waals surface area (Å²) in [6.45, 7) is 2.03. The van der Waals surface area contributed by atoms with Crippen LogP contribution in [0.4, 0.5) is 10.2 Å². The number of nitrogens with zero attached hydrogens (tertiary/aromatic N) is 5. The van der Waals surface area contributed by atoms with E-state index in [1.165, 1.54) is 17.2 Å². The molecule has 7 atom stereocenters. The molecule has 0 spiro atoms. The second-order valence-corrected chi connectivity index (χ2v) is 17.2. The number of alkyl halides is 1. The summed E-state index contributed by atoms with van der Waals surface area (Å²) in [5.74, 6) is 1.19. The summed E-state index contributed by atoms with van der Waals surface area (Å²) in [5, 5.41) is 2.83. The van der Waals surface area contributed by atoms with Gasteiger partial charge in [-0.2, -0.15) is 0 Å².